The molecular formula is C18H26N2O3S. The molecule has 3 atom stereocenters. The molecule has 1 saturated carbocycles. The highest BCUT2D eigenvalue weighted by Gasteiger charge is 2.42. The zero-order chi connectivity index (χ0) is 17.1. The minimum Gasteiger partial charge on any atom is -0.493 e. The summed E-state index contributed by atoms with van der Waals surface area (Å²) < 4.78 is 10.6. The Bertz CT molecular complexity index is 596. The number of rotatable bonds is 6. The first kappa shape index (κ1) is 17.4. The molecule has 1 aliphatic carbocycles. The number of fused-ring (bicyclic) bond motifs is 1. The summed E-state index contributed by atoms with van der Waals surface area (Å²) in [5, 5.41) is 0. The molecule has 0 aromatic heterocycles. The summed E-state index contributed by atoms with van der Waals surface area (Å²) in [6, 6.07) is 6.13. The Morgan fingerprint density at radius 2 is 2.04 bits per heavy atom. The van der Waals surface area contributed by atoms with Crippen molar-refractivity contribution in [3.63, 3.8) is 0 Å². The first-order chi connectivity index (χ1) is 11.6. The van der Waals surface area contributed by atoms with Gasteiger partial charge in [0.25, 0.3) is 0 Å². The summed E-state index contributed by atoms with van der Waals surface area (Å²) in [5.41, 5.74) is 6.15. The van der Waals surface area contributed by atoms with Crippen LogP contribution in [0.4, 0.5) is 0 Å². The van der Waals surface area contributed by atoms with Crippen molar-refractivity contribution >= 4 is 17.7 Å². The van der Waals surface area contributed by atoms with Crippen LogP contribution in [0.1, 0.15) is 19.3 Å². The van der Waals surface area contributed by atoms with Gasteiger partial charge in [-0.05, 0) is 42.9 Å². The summed E-state index contributed by atoms with van der Waals surface area (Å²) in [5.74, 6) is 3.61. The molecule has 1 heterocycles. The Hall–Kier alpha value is -1.40. The van der Waals surface area contributed by atoms with E-state index in [0.717, 1.165) is 41.7 Å². The van der Waals surface area contributed by atoms with Gasteiger partial charge >= 0.3 is 0 Å². The van der Waals surface area contributed by atoms with Gasteiger partial charge in [0.2, 0.25) is 5.91 Å². The normalized spacial score (nSPS) is 25.6. The molecule has 1 saturated heterocycles. The molecule has 2 fully saturated rings. The molecule has 0 radical (unpaired) electrons. The van der Waals surface area contributed by atoms with E-state index in [0.29, 0.717) is 18.3 Å². The molecule has 132 valence electrons. The summed E-state index contributed by atoms with van der Waals surface area (Å²) in [7, 11) is 3.26. The van der Waals surface area contributed by atoms with Gasteiger partial charge < -0.3 is 20.1 Å². The molecule has 2 aliphatic rings. The maximum absolute atomic E-state index is 12.4. The lowest BCUT2D eigenvalue weighted by molar-refractivity contribution is -0.130. The van der Waals surface area contributed by atoms with Gasteiger partial charge in [0.15, 0.2) is 11.5 Å². The van der Waals surface area contributed by atoms with Crippen molar-refractivity contribution in [1.29, 1.82) is 0 Å². The van der Waals surface area contributed by atoms with Crippen molar-refractivity contribution in [2.45, 2.75) is 30.2 Å². The average molecular weight is 350 g/mol. The van der Waals surface area contributed by atoms with E-state index in [-0.39, 0.29) is 11.9 Å². The number of thioether (sulfide) groups is 1. The number of carbonyl (C=O) groups is 1. The zero-order valence-electron chi connectivity index (χ0n) is 14.4. The Kier molecular flexibility index (Phi) is 5.56. The van der Waals surface area contributed by atoms with Crippen molar-refractivity contribution in [2.24, 2.45) is 17.6 Å². The number of nitrogens with zero attached hydrogens (tertiary/aromatic N) is 1. The average Bonchev–Trinajstić information content (AvgIpc) is 3.17. The number of benzene rings is 1. The van der Waals surface area contributed by atoms with Crippen LogP contribution >= 0.6 is 11.8 Å². The highest BCUT2D eigenvalue weighted by Crippen LogP contribution is 2.37. The molecule has 0 spiro atoms. The lowest BCUT2D eigenvalue weighted by Gasteiger charge is -2.18. The van der Waals surface area contributed by atoms with Crippen molar-refractivity contribution < 1.29 is 14.3 Å². The highest BCUT2D eigenvalue weighted by molar-refractivity contribution is 7.99. The quantitative estimate of drug-likeness (QED) is 0.798. The molecule has 1 aliphatic heterocycles. The van der Waals surface area contributed by atoms with Gasteiger partial charge in [-0.1, -0.05) is 0 Å². The van der Waals surface area contributed by atoms with Gasteiger partial charge in [0.1, 0.15) is 0 Å². The van der Waals surface area contributed by atoms with Crippen LogP contribution in [0.3, 0.4) is 0 Å². The van der Waals surface area contributed by atoms with E-state index in [1.165, 1.54) is 6.42 Å². The highest BCUT2D eigenvalue weighted by atomic mass is 32.2. The van der Waals surface area contributed by atoms with Crippen LogP contribution in [0.2, 0.25) is 0 Å². The third-order valence-electron chi connectivity index (χ3n) is 5.20. The molecule has 1 amide bonds. The number of methoxy groups -OCH3 is 2. The fraction of sp³-hybridized carbons (Fsp3) is 0.611. The first-order valence-corrected chi connectivity index (χ1v) is 9.49. The lowest BCUT2D eigenvalue weighted by atomic mass is 9.98. The third-order valence-corrected chi connectivity index (χ3v) is 6.20. The zero-order valence-corrected chi connectivity index (χ0v) is 15.2. The second-order valence-corrected chi connectivity index (χ2v) is 7.75. The van der Waals surface area contributed by atoms with Gasteiger partial charge in [0.05, 0.1) is 14.2 Å². The number of carbonyl (C=O) groups excluding carboxylic acids is 1. The number of amides is 1. The molecule has 3 rings (SSSR count). The minimum absolute atomic E-state index is 0.254. The topological polar surface area (TPSA) is 64.8 Å². The predicted octanol–water partition coefficient (Wildman–Crippen LogP) is 2.38. The van der Waals surface area contributed by atoms with E-state index in [1.54, 1.807) is 26.0 Å². The van der Waals surface area contributed by atoms with Crippen molar-refractivity contribution in [1.82, 2.24) is 4.90 Å². The van der Waals surface area contributed by atoms with Gasteiger partial charge in [0, 0.05) is 36.2 Å². The van der Waals surface area contributed by atoms with Crippen LogP contribution < -0.4 is 15.2 Å². The molecule has 5 nitrogen and oxygen atoms in total. The number of likely N-dealkylation sites (tertiary alicyclic amines) is 1. The van der Waals surface area contributed by atoms with E-state index < -0.39 is 0 Å². The van der Waals surface area contributed by atoms with E-state index in [2.05, 4.69) is 0 Å². The summed E-state index contributed by atoms with van der Waals surface area (Å²) in [6.45, 7) is 1.75. The molecule has 1 aromatic rings. The van der Waals surface area contributed by atoms with Gasteiger partial charge in [-0.25, -0.2) is 0 Å². The second kappa shape index (κ2) is 7.66. The fourth-order valence-corrected chi connectivity index (χ4v) is 4.70. The first-order valence-electron chi connectivity index (χ1n) is 8.50. The van der Waals surface area contributed by atoms with Crippen LogP contribution in [0, 0.1) is 11.8 Å². The van der Waals surface area contributed by atoms with E-state index in [9.17, 15) is 4.79 Å². The standard InChI is InChI=1S/C18H26N2O3S/c1-22-16-6-4-13(9-17(16)23-2)24-8-7-18(21)20-10-12-3-5-15(19)14(12)11-20/h4,6,9,12,14-15H,3,5,7-8,10-11,19H2,1-2H3. The minimum atomic E-state index is 0.254. The number of ether oxygens (including phenoxy) is 2. The van der Waals surface area contributed by atoms with Gasteiger partial charge in [-0.3, -0.25) is 4.79 Å². The molecular weight excluding hydrogens is 324 g/mol. The van der Waals surface area contributed by atoms with Gasteiger partial charge in [-0.15, -0.1) is 11.8 Å². The molecule has 2 N–H and O–H groups in total. The summed E-state index contributed by atoms with van der Waals surface area (Å²) in [6.07, 6.45) is 2.86. The van der Waals surface area contributed by atoms with Crippen LogP contribution in [0.25, 0.3) is 0 Å². The Morgan fingerprint density at radius 1 is 1.25 bits per heavy atom. The van der Waals surface area contributed by atoms with Crippen LogP contribution in [0.5, 0.6) is 11.5 Å². The molecule has 6 heteroatoms. The number of nitrogens with two attached hydrogens (primary N) is 1. The Labute approximate surface area is 147 Å². The predicted molar refractivity (Wildman–Crippen MR) is 95.7 cm³/mol. The van der Waals surface area contributed by atoms with E-state index >= 15 is 0 Å². The molecule has 3 unspecified atom stereocenters. The third kappa shape index (κ3) is 3.64. The van der Waals surface area contributed by atoms with Crippen molar-refractivity contribution in [2.75, 3.05) is 33.1 Å². The fourth-order valence-electron chi connectivity index (χ4n) is 3.83. The van der Waals surface area contributed by atoms with Crippen molar-refractivity contribution in [3.8, 4) is 11.5 Å². The second-order valence-electron chi connectivity index (χ2n) is 6.58. The Balaban J connectivity index is 1.47. The van der Waals surface area contributed by atoms with Crippen LogP contribution in [-0.2, 0) is 4.79 Å². The number of hydrogen-bond acceptors (Lipinski definition) is 5. The molecule has 1 aromatic carbocycles. The van der Waals surface area contributed by atoms with Crippen molar-refractivity contribution in [3.05, 3.63) is 18.2 Å². The molecule has 0 bridgehead atoms. The maximum Gasteiger partial charge on any atom is 0.223 e. The number of hydrogen-bond donors (Lipinski definition) is 1. The lowest BCUT2D eigenvalue weighted by Crippen LogP contribution is -2.33. The largest absolute Gasteiger partial charge is 0.493 e. The van der Waals surface area contributed by atoms with E-state index in [1.807, 2.05) is 23.1 Å². The maximum atomic E-state index is 12.4. The summed E-state index contributed by atoms with van der Waals surface area (Å²) >= 11 is 1.67. The van der Waals surface area contributed by atoms with Gasteiger partial charge in [-0.2, -0.15) is 0 Å². The monoisotopic (exact) mass is 350 g/mol. The van der Waals surface area contributed by atoms with Crippen LogP contribution in [0.15, 0.2) is 23.1 Å². The summed E-state index contributed by atoms with van der Waals surface area (Å²) in [4.78, 5) is 15.5. The SMILES string of the molecule is COc1ccc(SCCC(=O)N2CC3CCC(N)C3C2)cc1OC. The molecule has 24 heavy (non-hydrogen) atoms. The van der Waals surface area contributed by atoms with Crippen LogP contribution in [-0.4, -0.2) is 49.9 Å². The smallest absolute Gasteiger partial charge is 0.223 e. The Morgan fingerprint density at radius 3 is 2.75 bits per heavy atom. The van der Waals surface area contributed by atoms with E-state index in [4.69, 9.17) is 15.2 Å².